The molecular formula is C16H18FN3O. The summed E-state index contributed by atoms with van der Waals surface area (Å²) in [5.74, 6) is 5.21. The van der Waals surface area contributed by atoms with Crippen LogP contribution in [0.4, 0.5) is 4.39 Å². The molecule has 4 nitrogen and oxygen atoms in total. The number of hydrogen-bond acceptors (Lipinski definition) is 2. The molecule has 0 aliphatic heterocycles. The summed E-state index contributed by atoms with van der Waals surface area (Å²) in [6.45, 7) is 4.45. The van der Waals surface area contributed by atoms with Gasteiger partial charge in [0.2, 0.25) is 0 Å². The van der Waals surface area contributed by atoms with Crippen molar-refractivity contribution in [2.45, 2.75) is 26.4 Å². The molecule has 0 aliphatic carbocycles. The number of halogens is 1. The normalized spacial score (nSPS) is 10.5. The number of imidazole rings is 1. The lowest BCUT2D eigenvalue weighted by atomic mass is 10.1. The minimum atomic E-state index is -0.354. The molecule has 0 bridgehead atoms. The lowest BCUT2D eigenvalue weighted by molar-refractivity contribution is 0.561. The van der Waals surface area contributed by atoms with Crippen molar-refractivity contribution in [2.75, 3.05) is 6.54 Å². The Balaban J connectivity index is 2.38. The van der Waals surface area contributed by atoms with E-state index in [4.69, 9.17) is 5.73 Å². The predicted octanol–water partition coefficient (Wildman–Crippen LogP) is 1.73. The summed E-state index contributed by atoms with van der Waals surface area (Å²) in [6.07, 6.45) is 3.48. The maximum atomic E-state index is 13.3. The van der Waals surface area contributed by atoms with Gasteiger partial charge in [-0.1, -0.05) is 17.9 Å². The van der Waals surface area contributed by atoms with E-state index in [1.165, 1.54) is 12.1 Å². The van der Waals surface area contributed by atoms with Crippen LogP contribution in [0, 0.1) is 17.7 Å². The summed E-state index contributed by atoms with van der Waals surface area (Å²) in [6, 6.07) is 4.48. The van der Waals surface area contributed by atoms with E-state index in [0.29, 0.717) is 12.1 Å². The quantitative estimate of drug-likeness (QED) is 0.874. The first-order valence-corrected chi connectivity index (χ1v) is 6.77. The highest BCUT2D eigenvalue weighted by molar-refractivity contribution is 5.42. The molecule has 0 aliphatic rings. The van der Waals surface area contributed by atoms with E-state index in [1.54, 1.807) is 27.6 Å². The minimum Gasteiger partial charge on any atom is -0.320 e. The monoisotopic (exact) mass is 287 g/mol. The molecule has 0 unspecified atom stereocenters. The highest BCUT2D eigenvalue weighted by Crippen LogP contribution is 2.12. The predicted molar refractivity (Wildman–Crippen MR) is 80.5 cm³/mol. The number of aromatic nitrogens is 2. The fraction of sp³-hybridized carbons (Fsp3) is 0.312. The SMILES string of the molecule is CC(C)n1ccn(Cc2ccc(F)cc2C#CCN)c1=O. The van der Waals surface area contributed by atoms with Crippen LogP contribution in [0.2, 0.25) is 0 Å². The number of nitrogens with zero attached hydrogens (tertiary/aromatic N) is 2. The van der Waals surface area contributed by atoms with Gasteiger partial charge in [-0.2, -0.15) is 0 Å². The summed E-state index contributed by atoms with van der Waals surface area (Å²) < 4.78 is 16.6. The van der Waals surface area contributed by atoms with Gasteiger partial charge in [0, 0.05) is 24.0 Å². The van der Waals surface area contributed by atoms with Gasteiger partial charge in [-0.3, -0.25) is 9.13 Å². The Labute approximate surface area is 123 Å². The standard InChI is InChI=1S/C16H18FN3O/c1-12(2)20-9-8-19(16(20)21)11-14-5-6-15(17)10-13(14)4-3-7-18/h5-6,8-10,12H,7,11,18H2,1-2H3. The molecule has 0 radical (unpaired) electrons. The summed E-state index contributed by atoms with van der Waals surface area (Å²) in [5, 5.41) is 0. The van der Waals surface area contributed by atoms with E-state index in [0.717, 1.165) is 5.56 Å². The third-order valence-corrected chi connectivity index (χ3v) is 3.17. The molecule has 1 aromatic carbocycles. The minimum absolute atomic E-state index is 0.0907. The maximum absolute atomic E-state index is 13.3. The molecule has 21 heavy (non-hydrogen) atoms. The van der Waals surface area contributed by atoms with Crippen LogP contribution in [0.5, 0.6) is 0 Å². The molecule has 0 saturated heterocycles. The first-order valence-electron chi connectivity index (χ1n) is 6.77. The second-order valence-corrected chi connectivity index (χ2v) is 5.02. The van der Waals surface area contributed by atoms with Crippen LogP contribution >= 0.6 is 0 Å². The molecule has 0 amide bonds. The first kappa shape index (κ1) is 15.1. The Morgan fingerprint density at radius 3 is 2.71 bits per heavy atom. The zero-order valence-electron chi connectivity index (χ0n) is 12.1. The van der Waals surface area contributed by atoms with Crippen molar-refractivity contribution in [3.05, 3.63) is 58.0 Å². The Morgan fingerprint density at radius 1 is 1.33 bits per heavy atom. The molecule has 5 heteroatoms. The zero-order valence-corrected chi connectivity index (χ0v) is 12.1. The lowest BCUT2D eigenvalue weighted by Crippen LogP contribution is -2.25. The van der Waals surface area contributed by atoms with Gasteiger partial charge in [0.05, 0.1) is 13.1 Å². The second-order valence-electron chi connectivity index (χ2n) is 5.02. The topological polar surface area (TPSA) is 52.9 Å². The third-order valence-electron chi connectivity index (χ3n) is 3.17. The molecule has 0 saturated carbocycles. The molecule has 2 aromatic rings. The van der Waals surface area contributed by atoms with Gasteiger partial charge in [0.1, 0.15) is 5.82 Å². The van der Waals surface area contributed by atoms with Crippen molar-refractivity contribution in [3.63, 3.8) is 0 Å². The lowest BCUT2D eigenvalue weighted by Gasteiger charge is -2.07. The second kappa shape index (κ2) is 6.42. The van der Waals surface area contributed by atoms with E-state index < -0.39 is 0 Å². The van der Waals surface area contributed by atoms with Crippen LogP contribution in [0.1, 0.15) is 31.0 Å². The number of hydrogen-bond donors (Lipinski definition) is 1. The van der Waals surface area contributed by atoms with Crippen LogP contribution in [-0.2, 0) is 6.54 Å². The Morgan fingerprint density at radius 2 is 2.10 bits per heavy atom. The average molecular weight is 287 g/mol. The van der Waals surface area contributed by atoms with E-state index in [2.05, 4.69) is 11.8 Å². The van der Waals surface area contributed by atoms with Crippen molar-refractivity contribution in [2.24, 2.45) is 5.73 Å². The van der Waals surface area contributed by atoms with E-state index in [-0.39, 0.29) is 24.1 Å². The van der Waals surface area contributed by atoms with Crippen LogP contribution < -0.4 is 11.4 Å². The third kappa shape index (κ3) is 3.41. The Bertz CT molecular complexity index is 747. The van der Waals surface area contributed by atoms with Crippen LogP contribution in [0.15, 0.2) is 35.4 Å². The molecule has 0 fully saturated rings. The van der Waals surface area contributed by atoms with Crippen molar-refractivity contribution in [3.8, 4) is 11.8 Å². The van der Waals surface area contributed by atoms with Gasteiger partial charge >= 0.3 is 5.69 Å². The van der Waals surface area contributed by atoms with Crippen molar-refractivity contribution in [1.29, 1.82) is 0 Å². The van der Waals surface area contributed by atoms with Gasteiger partial charge in [-0.15, -0.1) is 0 Å². The molecule has 1 heterocycles. The summed E-state index contributed by atoms with van der Waals surface area (Å²) in [4.78, 5) is 12.2. The molecule has 1 aromatic heterocycles. The Hall–Kier alpha value is -2.32. The van der Waals surface area contributed by atoms with E-state index in [1.807, 2.05) is 13.8 Å². The van der Waals surface area contributed by atoms with Gasteiger partial charge < -0.3 is 5.73 Å². The highest BCUT2D eigenvalue weighted by Gasteiger charge is 2.09. The van der Waals surface area contributed by atoms with E-state index >= 15 is 0 Å². The zero-order chi connectivity index (χ0) is 15.4. The molecule has 110 valence electrons. The number of benzene rings is 1. The molecule has 2 rings (SSSR count). The molecule has 0 spiro atoms. The largest absolute Gasteiger partial charge is 0.328 e. The smallest absolute Gasteiger partial charge is 0.320 e. The highest BCUT2D eigenvalue weighted by atomic mass is 19.1. The summed E-state index contributed by atoms with van der Waals surface area (Å²) in [5.41, 5.74) is 6.61. The fourth-order valence-corrected chi connectivity index (χ4v) is 2.07. The van der Waals surface area contributed by atoms with Crippen LogP contribution in [-0.4, -0.2) is 15.7 Å². The fourth-order valence-electron chi connectivity index (χ4n) is 2.07. The molecule has 2 N–H and O–H groups in total. The summed E-state index contributed by atoms with van der Waals surface area (Å²) >= 11 is 0. The van der Waals surface area contributed by atoms with Crippen LogP contribution in [0.25, 0.3) is 0 Å². The summed E-state index contributed by atoms with van der Waals surface area (Å²) in [7, 11) is 0. The Kier molecular flexibility index (Phi) is 4.61. The number of rotatable bonds is 3. The van der Waals surface area contributed by atoms with Gasteiger partial charge in [-0.05, 0) is 31.5 Å². The first-order chi connectivity index (χ1) is 10.0. The van der Waals surface area contributed by atoms with E-state index in [9.17, 15) is 9.18 Å². The maximum Gasteiger partial charge on any atom is 0.328 e. The van der Waals surface area contributed by atoms with Crippen molar-refractivity contribution >= 4 is 0 Å². The molecule has 0 atom stereocenters. The number of nitrogens with two attached hydrogens (primary N) is 1. The van der Waals surface area contributed by atoms with Gasteiger partial charge in [-0.25, -0.2) is 9.18 Å². The average Bonchev–Trinajstić information content (AvgIpc) is 2.80. The van der Waals surface area contributed by atoms with Crippen molar-refractivity contribution < 1.29 is 4.39 Å². The van der Waals surface area contributed by atoms with Crippen LogP contribution in [0.3, 0.4) is 0 Å². The van der Waals surface area contributed by atoms with Gasteiger partial charge in [0.25, 0.3) is 0 Å². The van der Waals surface area contributed by atoms with Crippen molar-refractivity contribution in [1.82, 2.24) is 9.13 Å². The molecular weight excluding hydrogens is 269 g/mol. The van der Waals surface area contributed by atoms with Gasteiger partial charge in [0.15, 0.2) is 0 Å².